The van der Waals surface area contributed by atoms with E-state index in [9.17, 15) is 22.8 Å². The number of esters is 3. The number of rotatable bonds is 13. The predicted octanol–water partition coefficient (Wildman–Crippen LogP) is 2.94. The molecule has 0 heterocycles. The summed E-state index contributed by atoms with van der Waals surface area (Å²) in [5.41, 5.74) is 0. The lowest BCUT2D eigenvalue weighted by molar-refractivity contribution is -0.158. The Morgan fingerprint density at radius 2 is 1.11 bits per heavy atom. The van der Waals surface area contributed by atoms with Gasteiger partial charge in [0.1, 0.15) is 37.4 Å². The van der Waals surface area contributed by atoms with Crippen molar-refractivity contribution in [2.45, 2.75) is 42.8 Å². The van der Waals surface area contributed by atoms with E-state index < -0.39 is 40.0 Å². The lowest BCUT2D eigenvalue weighted by atomic mass is 10.3. The summed E-state index contributed by atoms with van der Waals surface area (Å²) in [6.45, 7) is 3.48. The number of carbonyl (C=O) groups excluding carboxylic acids is 3. The Balaban J connectivity index is 2.01. The first-order chi connectivity index (χ1) is 17.0. The van der Waals surface area contributed by atoms with E-state index in [2.05, 4.69) is 0 Å². The Morgan fingerprint density at radius 1 is 0.694 bits per heavy atom. The highest BCUT2D eigenvalue weighted by atomic mass is 35.5. The first-order valence-electron chi connectivity index (χ1n) is 10.8. The Labute approximate surface area is 214 Å². The highest BCUT2D eigenvalue weighted by molar-refractivity contribution is 7.91. The van der Waals surface area contributed by atoms with Gasteiger partial charge >= 0.3 is 17.9 Å². The van der Waals surface area contributed by atoms with Gasteiger partial charge in [-0.05, 0) is 48.5 Å². The lowest BCUT2D eigenvalue weighted by Gasteiger charge is -2.17. The van der Waals surface area contributed by atoms with Crippen LogP contribution in [-0.4, -0.2) is 64.2 Å². The van der Waals surface area contributed by atoms with Gasteiger partial charge in [0.15, 0.2) is 6.10 Å². The zero-order valence-corrected chi connectivity index (χ0v) is 21.5. The minimum absolute atomic E-state index is 0.0236. The molecule has 0 saturated carbocycles. The summed E-state index contributed by atoms with van der Waals surface area (Å²) < 4.78 is 51.9. The number of hydrogen-bond acceptors (Lipinski definition) is 10. The van der Waals surface area contributed by atoms with Gasteiger partial charge in [-0.1, -0.05) is 0 Å². The fourth-order valence-corrected chi connectivity index (χ4v) is 4.26. The monoisotopic (exact) mass is 542 g/mol. The van der Waals surface area contributed by atoms with Gasteiger partial charge in [0, 0.05) is 20.8 Å². The number of alkyl halides is 1. The molecule has 12 heteroatoms. The first kappa shape index (κ1) is 28.9. The Hall–Kier alpha value is -3.31. The molecule has 0 aliphatic heterocycles. The average Bonchev–Trinajstić information content (AvgIpc) is 2.83. The van der Waals surface area contributed by atoms with Gasteiger partial charge in [-0.15, -0.1) is 11.6 Å². The van der Waals surface area contributed by atoms with Gasteiger partial charge < -0.3 is 23.7 Å². The van der Waals surface area contributed by atoms with Crippen molar-refractivity contribution >= 4 is 39.3 Å². The summed E-state index contributed by atoms with van der Waals surface area (Å²) in [4.78, 5) is 33.3. The molecule has 10 nitrogen and oxygen atoms in total. The summed E-state index contributed by atoms with van der Waals surface area (Å²) in [6.07, 6.45) is -1.44. The van der Waals surface area contributed by atoms with Crippen molar-refractivity contribution in [2.24, 2.45) is 0 Å². The molecule has 0 bridgehead atoms. The number of hydrogen-bond donors (Lipinski definition) is 0. The normalized spacial score (nSPS) is 12.7. The summed E-state index contributed by atoms with van der Waals surface area (Å²) >= 11 is 5.74. The maximum absolute atomic E-state index is 13.0. The van der Waals surface area contributed by atoms with Crippen molar-refractivity contribution in [1.82, 2.24) is 0 Å². The molecule has 0 unspecified atom stereocenters. The van der Waals surface area contributed by atoms with Gasteiger partial charge in [0.2, 0.25) is 9.84 Å². The van der Waals surface area contributed by atoms with Crippen LogP contribution < -0.4 is 9.47 Å². The number of carbonyl (C=O) groups is 3. The van der Waals surface area contributed by atoms with Crippen LogP contribution in [0, 0.1) is 0 Å². The van der Waals surface area contributed by atoms with Crippen molar-refractivity contribution in [2.75, 3.05) is 25.7 Å². The highest BCUT2D eigenvalue weighted by Crippen LogP contribution is 2.25. The van der Waals surface area contributed by atoms with E-state index in [1.54, 1.807) is 0 Å². The molecule has 0 radical (unpaired) electrons. The lowest BCUT2D eigenvalue weighted by Crippen LogP contribution is -2.29. The zero-order valence-electron chi connectivity index (χ0n) is 20.0. The van der Waals surface area contributed by atoms with Crippen LogP contribution in [0.3, 0.4) is 0 Å². The molecule has 36 heavy (non-hydrogen) atoms. The van der Waals surface area contributed by atoms with Crippen LogP contribution in [0.25, 0.3) is 0 Å². The van der Waals surface area contributed by atoms with Crippen LogP contribution in [-0.2, 0) is 38.4 Å². The van der Waals surface area contributed by atoms with Crippen LogP contribution in [0.1, 0.15) is 20.8 Å². The van der Waals surface area contributed by atoms with E-state index in [4.69, 9.17) is 35.3 Å². The van der Waals surface area contributed by atoms with Crippen molar-refractivity contribution in [3.8, 4) is 11.5 Å². The van der Waals surface area contributed by atoms with Crippen LogP contribution in [0.2, 0.25) is 0 Å². The second-order valence-corrected chi connectivity index (χ2v) is 9.75. The van der Waals surface area contributed by atoms with E-state index in [1.807, 2.05) is 0 Å². The smallest absolute Gasteiger partial charge is 0.303 e. The van der Waals surface area contributed by atoms with Gasteiger partial charge in [0.05, 0.1) is 15.7 Å². The second-order valence-electron chi connectivity index (χ2n) is 7.49. The maximum Gasteiger partial charge on any atom is 0.303 e. The molecule has 0 fully saturated rings. The second kappa shape index (κ2) is 13.7. The third kappa shape index (κ3) is 9.38. The van der Waals surface area contributed by atoms with Crippen LogP contribution in [0.15, 0.2) is 58.3 Å². The summed E-state index contributed by atoms with van der Waals surface area (Å²) in [5.74, 6) is -0.786. The van der Waals surface area contributed by atoms with Crippen molar-refractivity contribution < 1.29 is 46.5 Å². The van der Waals surface area contributed by atoms with Crippen molar-refractivity contribution in [3.63, 3.8) is 0 Å². The van der Waals surface area contributed by atoms with E-state index in [0.29, 0.717) is 11.5 Å². The summed E-state index contributed by atoms with van der Waals surface area (Å²) in [6, 6.07) is 11.5. The number of benzene rings is 2. The SMILES string of the molecule is CC(=O)OC[C@H](COc1ccc(S(=O)(=O)c2ccc(OC[C@@H](CCl)OC(C)=O)cc2)cc1)OC(C)=O. The predicted molar refractivity (Wildman–Crippen MR) is 128 cm³/mol. The standard InChI is InChI=1S/C24H27ClO10S/c1-16(26)31-14-22(35-18(3)28)15-33-20-6-10-24(11-7-20)36(29,30)23-8-4-19(5-9-23)32-13-21(12-25)34-17(2)27/h4-11,21-22H,12-15H2,1-3H3/t21-,22-/m1/s1. The van der Waals surface area contributed by atoms with Crippen LogP contribution in [0.5, 0.6) is 11.5 Å². The third-order valence-corrected chi connectivity index (χ3v) is 6.58. The van der Waals surface area contributed by atoms with E-state index in [0.717, 1.165) is 0 Å². The van der Waals surface area contributed by atoms with E-state index in [-0.39, 0.29) is 35.5 Å². The molecule has 0 aliphatic carbocycles. The van der Waals surface area contributed by atoms with Crippen molar-refractivity contribution in [3.05, 3.63) is 48.5 Å². The average molecular weight is 543 g/mol. The molecular weight excluding hydrogens is 516 g/mol. The molecule has 2 aromatic rings. The quantitative estimate of drug-likeness (QED) is 0.211. The Bertz CT molecular complexity index is 1130. The Morgan fingerprint density at radius 3 is 1.50 bits per heavy atom. The van der Waals surface area contributed by atoms with Gasteiger partial charge in [0.25, 0.3) is 0 Å². The molecule has 0 saturated heterocycles. The molecule has 2 rings (SSSR count). The van der Waals surface area contributed by atoms with Crippen molar-refractivity contribution in [1.29, 1.82) is 0 Å². The summed E-state index contributed by atoms with van der Waals surface area (Å²) in [7, 11) is -3.82. The first-order valence-corrected chi connectivity index (χ1v) is 12.8. The number of halogens is 1. The molecule has 0 aromatic heterocycles. The molecule has 0 spiro atoms. The molecule has 2 atom stereocenters. The zero-order chi connectivity index (χ0) is 26.7. The molecular formula is C24H27ClO10S. The van der Waals surface area contributed by atoms with Crippen LogP contribution >= 0.6 is 11.6 Å². The van der Waals surface area contributed by atoms with Crippen LogP contribution in [0.4, 0.5) is 0 Å². The number of ether oxygens (including phenoxy) is 5. The largest absolute Gasteiger partial charge is 0.490 e. The molecule has 0 N–H and O–H groups in total. The minimum Gasteiger partial charge on any atom is -0.490 e. The van der Waals surface area contributed by atoms with Gasteiger partial charge in [-0.3, -0.25) is 14.4 Å². The maximum atomic E-state index is 13.0. The summed E-state index contributed by atoms with van der Waals surface area (Å²) in [5, 5.41) is 0. The molecule has 196 valence electrons. The minimum atomic E-state index is -3.82. The molecule has 0 amide bonds. The fourth-order valence-electron chi connectivity index (χ4n) is 2.85. The van der Waals surface area contributed by atoms with Gasteiger partial charge in [-0.2, -0.15) is 0 Å². The fraction of sp³-hybridized carbons (Fsp3) is 0.375. The molecule has 2 aromatic carbocycles. The topological polar surface area (TPSA) is 132 Å². The third-order valence-electron chi connectivity index (χ3n) is 4.45. The van der Waals surface area contributed by atoms with E-state index >= 15 is 0 Å². The van der Waals surface area contributed by atoms with Gasteiger partial charge in [-0.25, -0.2) is 8.42 Å². The Kier molecular flexibility index (Phi) is 11.0. The molecule has 0 aliphatic rings. The number of sulfone groups is 1. The highest BCUT2D eigenvalue weighted by Gasteiger charge is 2.19. The van der Waals surface area contributed by atoms with E-state index in [1.165, 1.54) is 69.3 Å².